The fourth-order valence-electron chi connectivity index (χ4n) is 1.40. The van der Waals surface area contributed by atoms with Crippen molar-refractivity contribution in [1.82, 2.24) is 0 Å². The smallest absolute Gasteiger partial charge is 0.104 e. The Morgan fingerprint density at radius 3 is 2.82 bits per heavy atom. The normalized spacial score (nSPS) is 10.2. The van der Waals surface area contributed by atoms with Crippen molar-refractivity contribution in [2.24, 2.45) is 5.73 Å². The van der Waals surface area contributed by atoms with Crippen molar-refractivity contribution in [3.05, 3.63) is 52.9 Å². The second-order valence-corrected chi connectivity index (χ2v) is 4.39. The first-order valence-corrected chi connectivity index (χ1v) is 5.80. The van der Waals surface area contributed by atoms with Crippen molar-refractivity contribution in [2.75, 3.05) is 5.32 Å². The zero-order valence-corrected chi connectivity index (χ0v) is 10.5. The van der Waals surface area contributed by atoms with Gasteiger partial charge in [0.25, 0.3) is 0 Å². The summed E-state index contributed by atoms with van der Waals surface area (Å²) in [6.07, 6.45) is 3.32. The van der Waals surface area contributed by atoms with E-state index in [-0.39, 0.29) is 0 Å². The van der Waals surface area contributed by atoms with Gasteiger partial charge in [-0.15, -0.1) is 0 Å². The molecule has 0 saturated carbocycles. The highest BCUT2D eigenvalue weighted by Gasteiger charge is 2.03. The van der Waals surface area contributed by atoms with Crippen LogP contribution in [-0.4, -0.2) is 4.99 Å². The highest BCUT2D eigenvalue weighted by molar-refractivity contribution is 7.80. The van der Waals surface area contributed by atoms with Crippen LogP contribution >= 0.6 is 23.8 Å². The van der Waals surface area contributed by atoms with Crippen LogP contribution in [0.5, 0.6) is 0 Å². The minimum Gasteiger partial charge on any atom is -0.472 e. The molecule has 2 rings (SSSR count). The average molecular weight is 267 g/mol. The monoisotopic (exact) mass is 266 g/mol. The van der Waals surface area contributed by atoms with Crippen LogP contribution in [0.3, 0.4) is 0 Å². The number of rotatable bonds is 4. The summed E-state index contributed by atoms with van der Waals surface area (Å²) in [5.41, 5.74) is 8.18. The molecule has 0 atom stereocenters. The fourth-order valence-corrected chi connectivity index (χ4v) is 1.78. The highest BCUT2D eigenvalue weighted by atomic mass is 35.5. The molecule has 2 aromatic rings. The van der Waals surface area contributed by atoms with Crippen LogP contribution < -0.4 is 11.1 Å². The molecular weight excluding hydrogens is 256 g/mol. The van der Waals surface area contributed by atoms with Crippen LogP contribution in [0.25, 0.3) is 0 Å². The molecule has 88 valence electrons. The Labute approximate surface area is 110 Å². The molecule has 1 heterocycles. The Hall–Kier alpha value is -1.52. The Balaban J connectivity index is 2.09. The van der Waals surface area contributed by atoms with E-state index in [1.54, 1.807) is 18.6 Å². The summed E-state index contributed by atoms with van der Waals surface area (Å²) in [6, 6.07) is 7.34. The lowest BCUT2D eigenvalue weighted by Gasteiger charge is -2.08. The van der Waals surface area contributed by atoms with E-state index in [1.165, 1.54) is 0 Å². The maximum Gasteiger partial charge on any atom is 0.104 e. The number of hydrogen-bond acceptors (Lipinski definition) is 3. The van der Waals surface area contributed by atoms with E-state index in [9.17, 15) is 0 Å². The molecule has 0 bridgehead atoms. The number of hydrogen-bond donors (Lipinski definition) is 2. The number of halogens is 1. The summed E-state index contributed by atoms with van der Waals surface area (Å²) in [4.78, 5) is 0.341. The van der Waals surface area contributed by atoms with Gasteiger partial charge in [-0.3, -0.25) is 0 Å². The number of furan rings is 1. The first kappa shape index (κ1) is 12.0. The van der Waals surface area contributed by atoms with Crippen molar-refractivity contribution >= 4 is 34.5 Å². The summed E-state index contributed by atoms with van der Waals surface area (Å²) in [7, 11) is 0. The van der Waals surface area contributed by atoms with Gasteiger partial charge in [0, 0.05) is 17.7 Å². The van der Waals surface area contributed by atoms with E-state index in [1.807, 2.05) is 18.2 Å². The first-order valence-electron chi connectivity index (χ1n) is 5.01. The molecule has 0 unspecified atom stereocenters. The second kappa shape index (κ2) is 5.21. The molecule has 5 heteroatoms. The number of thiocarbonyl (C=S) groups is 1. The Kier molecular flexibility index (Phi) is 3.66. The lowest BCUT2D eigenvalue weighted by molar-refractivity contribution is 0.564. The Morgan fingerprint density at radius 2 is 2.24 bits per heavy atom. The van der Waals surface area contributed by atoms with Crippen molar-refractivity contribution in [3.8, 4) is 0 Å². The van der Waals surface area contributed by atoms with Gasteiger partial charge in [0.2, 0.25) is 0 Å². The third kappa shape index (κ3) is 2.99. The molecule has 17 heavy (non-hydrogen) atoms. The molecule has 3 N–H and O–H groups in total. The van der Waals surface area contributed by atoms with Crippen LogP contribution in [0.2, 0.25) is 5.02 Å². The second-order valence-electron chi connectivity index (χ2n) is 3.54. The van der Waals surface area contributed by atoms with Crippen LogP contribution in [-0.2, 0) is 6.54 Å². The molecule has 0 radical (unpaired) electrons. The van der Waals surface area contributed by atoms with Crippen LogP contribution in [0.1, 0.15) is 11.1 Å². The van der Waals surface area contributed by atoms with Crippen molar-refractivity contribution in [3.63, 3.8) is 0 Å². The lowest BCUT2D eigenvalue weighted by atomic mass is 10.2. The van der Waals surface area contributed by atoms with E-state index in [2.05, 4.69) is 5.32 Å². The van der Waals surface area contributed by atoms with Crippen molar-refractivity contribution in [1.29, 1.82) is 0 Å². The third-order valence-corrected chi connectivity index (χ3v) is 2.87. The molecule has 3 nitrogen and oxygen atoms in total. The third-order valence-electron chi connectivity index (χ3n) is 2.32. The average Bonchev–Trinajstić information content (AvgIpc) is 2.80. The molecule has 0 aliphatic carbocycles. The van der Waals surface area contributed by atoms with Crippen LogP contribution in [0, 0.1) is 0 Å². The topological polar surface area (TPSA) is 51.2 Å². The summed E-state index contributed by atoms with van der Waals surface area (Å²) < 4.78 is 4.98. The quantitative estimate of drug-likeness (QED) is 0.835. The maximum atomic E-state index is 6.11. The predicted octanol–water partition coefficient (Wildman–Crippen LogP) is 3.18. The predicted molar refractivity (Wildman–Crippen MR) is 73.4 cm³/mol. The summed E-state index contributed by atoms with van der Waals surface area (Å²) >= 11 is 11.0. The van der Waals surface area contributed by atoms with Gasteiger partial charge in [-0.2, -0.15) is 0 Å². The zero-order chi connectivity index (χ0) is 12.3. The van der Waals surface area contributed by atoms with Gasteiger partial charge < -0.3 is 15.5 Å². The van der Waals surface area contributed by atoms with E-state index >= 15 is 0 Å². The van der Waals surface area contributed by atoms with Gasteiger partial charge in [-0.05, 0) is 24.3 Å². The van der Waals surface area contributed by atoms with Crippen LogP contribution in [0.4, 0.5) is 5.69 Å². The van der Waals surface area contributed by atoms with Gasteiger partial charge in [0.1, 0.15) is 4.99 Å². The van der Waals surface area contributed by atoms with Gasteiger partial charge in [-0.25, -0.2) is 0 Å². The summed E-state index contributed by atoms with van der Waals surface area (Å²) in [5, 5.41) is 3.80. The number of benzene rings is 1. The highest BCUT2D eigenvalue weighted by Crippen LogP contribution is 2.23. The number of anilines is 1. The van der Waals surface area contributed by atoms with Crippen LogP contribution in [0.15, 0.2) is 41.2 Å². The molecule has 0 spiro atoms. The molecule has 0 saturated heterocycles. The molecule has 1 aromatic carbocycles. The molecule has 0 aliphatic heterocycles. The summed E-state index contributed by atoms with van der Waals surface area (Å²) in [6.45, 7) is 0.655. The molecule has 0 amide bonds. The summed E-state index contributed by atoms with van der Waals surface area (Å²) in [5.74, 6) is 0. The van der Waals surface area contributed by atoms with Crippen molar-refractivity contribution in [2.45, 2.75) is 6.54 Å². The SMILES string of the molecule is NC(=S)c1ccc(NCc2ccoc2)c(Cl)c1. The minimum atomic E-state index is 0.341. The van der Waals surface area contributed by atoms with E-state index in [0.717, 1.165) is 16.8 Å². The van der Waals surface area contributed by atoms with E-state index in [0.29, 0.717) is 16.6 Å². The molecule has 1 aromatic heterocycles. The standard InChI is InChI=1S/C12H11ClN2OS/c13-10-5-9(12(14)17)1-2-11(10)15-6-8-3-4-16-7-8/h1-5,7,15H,6H2,(H2,14,17). The minimum absolute atomic E-state index is 0.341. The van der Waals surface area contributed by atoms with E-state index in [4.69, 9.17) is 34.0 Å². The van der Waals surface area contributed by atoms with Gasteiger partial charge >= 0.3 is 0 Å². The largest absolute Gasteiger partial charge is 0.472 e. The van der Waals surface area contributed by atoms with Gasteiger partial charge in [0.15, 0.2) is 0 Å². The molecular formula is C12H11ClN2OS. The number of nitrogens with two attached hydrogens (primary N) is 1. The Bertz CT molecular complexity index is 525. The first-order chi connectivity index (χ1) is 8.16. The van der Waals surface area contributed by atoms with Gasteiger partial charge in [0.05, 0.1) is 23.2 Å². The lowest BCUT2D eigenvalue weighted by Crippen LogP contribution is -2.09. The maximum absolute atomic E-state index is 6.11. The molecule has 0 aliphatic rings. The Morgan fingerprint density at radius 1 is 1.41 bits per heavy atom. The fraction of sp³-hybridized carbons (Fsp3) is 0.0833. The molecule has 0 fully saturated rings. The zero-order valence-electron chi connectivity index (χ0n) is 8.94. The van der Waals surface area contributed by atoms with Crippen molar-refractivity contribution < 1.29 is 4.42 Å². The number of nitrogens with one attached hydrogen (secondary N) is 1. The van der Waals surface area contributed by atoms with Gasteiger partial charge in [-0.1, -0.05) is 23.8 Å². The van der Waals surface area contributed by atoms with E-state index < -0.39 is 0 Å².